The maximum atomic E-state index is 13.6. The second kappa shape index (κ2) is 7.22. The minimum absolute atomic E-state index is 0.0679. The molecule has 1 atom stereocenters. The van der Waals surface area contributed by atoms with Crippen molar-refractivity contribution in [3.63, 3.8) is 0 Å². The number of anilines is 1. The highest BCUT2D eigenvalue weighted by Gasteiger charge is 2.13. The molecule has 0 radical (unpaired) electrons. The van der Waals surface area contributed by atoms with Gasteiger partial charge in [0.15, 0.2) is 5.11 Å². The van der Waals surface area contributed by atoms with E-state index < -0.39 is 0 Å². The van der Waals surface area contributed by atoms with Crippen LogP contribution in [0.3, 0.4) is 0 Å². The quantitative estimate of drug-likeness (QED) is 0.828. The zero-order valence-electron chi connectivity index (χ0n) is 12.8. The number of para-hydroxylation sites is 1. The van der Waals surface area contributed by atoms with E-state index in [0.717, 1.165) is 16.9 Å². The summed E-state index contributed by atoms with van der Waals surface area (Å²) in [5.41, 5.74) is 2.49. The smallest absolute Gasteiger partial charge is 0.171 e. The van der Waals surface area contributed by atoms with Gasteiger partial charge in [-0.25, -0.2) is 4.39 Å². The summed E-state index contributed by atoms with van der Waals surface area (Å²) in [6.07, 6.45) is 0. The highest BCUT2D eigenvalue weighted by Crippen LogP contribution is 2.26. The lowest BCUT2D eigenvalue weighted by molar-refractivity contribution is 0.405. The van der Waals surface area contributed by atoms with Crippen LogP contribution in [0.2, 0.25) is 0 Å². The Morgan fingerprint density at radius 2 is 1.95 bits per heavy atom. The molecule has 0 saturated carbocycles. The molecule has 22 heavy (non-hydrogen) atoms. The largest absolute Gasteiger partial charge is 0.496 e. The van der Waals surface area contributed by atoms with Crippen molar-refractivity contribution in [2.45, 2.75) is 19.9 Å². The summed E-state index contributed by atoms with van der Waals surface area (Å²) in [6.45, 7) is 4.00. The first-order valence-electron chi connectivity index (χ1n) is 6.98. The van der Waals surface area contributed by atoms with Crippen molar-refractivity contribution in [2.75, 3.05) is 12.4 Å². The topological polar surface area (TPSA) is 33.3 Å². The van der Waals surface area contributed by atoms with Crippen molar-refractivity contribution >= 4 is 23.0 Å². The predicted molar refractivity (Wildman–Crippen MR) is 91.9 cm³/mol. The van der Waals surface area contributed by atoms with E-state index in [4.69, 9.17) is 17.0 Å². The Morgan fingerprint density at radius 1 is 1.23 bits per heavy atom. The third kappa shape index (κ3) is 3.95. The van der Waals surface area contributed by atoms with Crippen molar-refractivity contribution in [1.29, 1.82) is 0 Å². The van der Waals surface area contributed by atoms with Crippen LogP contribution >= 0.6 is 12.2 Å². The number of thiocarbonyl (C=S) groups is 1. The summed E-state index contributed by atoms with van der Waals surface area (Å²) in [5.74, 6) is 0.451. The van der Waals surface area contributed by atoms with Crippen LogP contribution in [-0.2, 0) is 0 Å². The number of rotatable bonds is 4. The number of aryl methyl sites for hydroxylation is 1. The molecule has 116 valence electrons. The van der Waals surface area contributed by atoms with E-state index in [1.165, 1.54) is 6.07 Å². The highest BCUT2D eigenvalue weighted by molar-refractivity contribution is 7.80. The number of nitrogens with one attached hydrogen (secondary N) is 2. The second-order valence-corrected chi connectivity index (χ2v) is 5.45. The average molecular weight is 318 g/mol. The maximum absolute atomic E-state index is 13.6. The zero-order chi connectivity index (χ0) is 16.1. The first-order chi connectivity index (χ1) is 10.5. The summed E-state index contributed by atoms with van der Waals surface area (Å²) in [6, 6.07) is 12.3. The molecule has 5 heteroatoms. The number of ether oxygens (including phenoxy) is 1. The number of halogens is 1. The molecule has 0 spiro atoms. The van der Waals surface area contributed by atoms with Gasteiger partial charge in [-0.15, -0.1) is 0 Å². The minimum Gasteiger partial charge on any atom is -0.496 e. The van der Waals surface area contributed by atoms with Crippen molar-refractivity contribution in [3.8, 4) is 5.75 Å². The van der Waals surface area contributed by atoms with Gasteiger partial charge in [0.25, 0.3) is 0 Å². The molecular formula is C17H19FN2OS. The van der Waals surface area contributed by atoms with Gasteiger partial charge < -0.3 is 15.4 Å². The van der Waals surface area contributed by atoms with Crippen LogP contribution in [0.1, 0.15) is 24.1 Å². The molecule has 3 nitrogen and oxygen atoms in total. The van der Waals surface area contributed by atoms with E-state index in [0.29, 0.717) is 10.8 Å². The summed E-state index contributed by atoms with van der Waals surface area (Å²) in [4.78, 5) is 0. The second-order valence-electron chi connectivity index (χ2n) is 5.05. The van der Waals surface area contributed by atoms with Crippen molar-refractivity contribution in [3.05, 3.63) is 59.4 Å². The number of benzene rings is 2. The van der Waals surface area contributed by atoms with E-state index in [1.807, 2.05) is 32.0 Å². The van der Waals surface area contributed by atoms with Crippen LogP contribution in [-0.4, -0.2) is 12.2 Å². The molecule has 0 fully saturated rings. The SMILES string of the molecule is COc1ccc(C)cc1[C@H](C)NC(=S)Nc1ccccc1F. The third-order valence-electron chi connectivity index (χ3n) is 3.32. The van der Waals surface area contributed by atoms with Gasteiger partial charge in [-0.05, 0) is 44.3 Å². The molecule has 0 saturated heterocycles. The molecule has 0 aliphatic heterocycles. The minimum atomic E-state index is -0.340. The Morgan fingerprint density at radius 3 is 2.64 bits per heavy atom. The lowest BCUT2D eigenvalue weighted by atomic mass is 10.0. The van der Waals surface area contributed by atoms with Gasteiger partial charge in [0.05, 0.1) is 18.8 Å². The van der Waals surface area contributed by atoms with E-state index in [-0.39, 0.29) is 11.9 Å². The number of methoxy groups -OCH3 is 1. The highest BCUT2D eigenvalue weighted by atomic mass is 32.1. The van der Waals surface area contributed by atoms with Gasteiger partial charge >= 0.3 is 0 Å². The fourth-order valence-corrected chi connectivity index (χ4v) is 2.47. The van der Waals surface area contributed by atoms with E-state index in [9.17, 15) is 4.39 Å². The lowest BCUT2D eigenvalue weighted by Gasteiger charge is -2.20. The van der Waals surface area contributed by atoms with Gasteiger partial charge in [-0.2, -0.15) is 0 Å². The first kappa shape index (κ1) is 16.2. The van der Waals surface area contributed by atoms with Crippen LogP contribution in [0, 0.1) is 12.7 Å². The fraction of sp³-hybridized carbons (Fsp3) is 0.235. The van der Waals surface area contributed by atoms with Crippen LogP contribution in [0.25, 0.3) is 0 Å². The van der Waals surface area contributed by atoms with Gasteiger partial charge in [-0.3, -0.25) is 0 Å². The Hall–Kier alpha value is -2.14. The van der Waals surface area contributed by atoms with Crippen molar-refractivity contribution in [2.24, 2.45) is 0 Å². The number of hydrogen-bond acceptors (Lipinski definition) is 2. The number of hydrogen-bond donors (Lipinski definition) is 2. The van der Waals surface area contributed by atoms with Gasteiger partial charge in [-0.1, -0.05) is 29.8 Å². The first-order valence-corrected chi connectivity index (χ1v) is 7.38. The summed E-state index contributed by atoms with van der Waals surface area (Å²) in [5, 5.41) is 6.38. The zero-order valence-corrected chi connectivity index (χ0v) is 13.6. The summed E-state index contributed by atoms with van der Waals surface area (Å²) in [7, 11) is 1.64. The van der Waals surface area contributed by atoms with E-state index in [1.54, 1.807) is 25.3 Å². The Balaban J connectivity index is 2.09. The lowest BCUT2D eigenvalue weighted by Crippen LogP contribution is -2.31. The summed E-state index contributed by atoms with van der Waals surface area (Å²) >= 11 is 5.25. The fourth-order valence-electron chi connectivity index (χ4n) is 2.19. The van der Waals surface area contributed by atoms with Gasteiger partial charge in [0.2, 0.25) is 0 Å². The standard InChI is InChI=1S/C17H19FN2OS/c1-11-8-9-16(21-3)13(10-11)12(2)19-17(22)20-15-7-5-4-6-14(15)18/h4-10,12H,1-3H3,(H2,19,20,22)/t12-/m0/s1. The molecule has 0 amide bonds. The van der Waals surface area contributed by atoms with Crippen molar-refractivity contribution in [1.82, 2.24) is 5.32 Å². The third-order valence-corrected chi connectivity index (χ3v) is 3.54. The molecule has 0 aliphatic rings. The van der Waals surface area contributed by atoms with Gasteiger partial charge in [0.1, 0.15) is 11.6 Å². The van der Waals surface area contributed by atoms with Crippen molar-refractivity contribution < 1.29 is 9.13 Å². The average Bonchev–Trinajstić information content (AvgIpc) is 2.49. The van der Waals surface area contributed by atoms with E-state index in [2.05, 4.69) is 10.6 Å². The Bertz CT molecular complexity index is 675. The molecule has 0 heterocycles. The molecule has 0 aliphatic carbocycles. The van der Waals surface area contributed by atoms with Crippen LogP contribution in [0.5, 0.6) is 5.75 Å². The summed E-state index contributed by atoms with van der Waals surface area (Å²) < 4.78 is 19.0. The molecule has 2 N–H and O–H groups in total. The predicted octanol–water partition coefficient (Wildman–Crippen LogP) is 4.19. The molecule has 2 rings (SSSR count). The van der Waals surface area contributed by atoms with E-state index >= 15 is 0 Å². The molecule has 0 unspecified atom stereocenters. The van der Waals surface area contributed by atoms with Crippen LogP contribution in [0.15, 0.2) is 42.5 Å². The molecule has 0 aromatic heterocycles. The molecular weight excluding hydrogens is 299 g/mol. The maximum Gasteiger partial charge on any atom is 0.171 e. The Kier molecular flexibility index (Phi) is 5.33. The Labute approximate surface area is 135 Å². The normalized spacial score (nSPS) is 11.6. The molecule has 0 bridgehead atoms. The van der Waals surface area contributed by atoms with Crippen LogP contribution in [0.4, 0.5) is 10.1 Å². The molecule has 2 aromatic carbocycles. The molecule has 2 aromatic rings. The monoisotopic (exact) mass is 318 g/mol. The van der Waals surface area contributed by atoms with Gasteiger partial charge in [0, 0.05) is 5.56 Å². The van der Waals surface area contributed by atoms with Crippen LogP contribution < -0.4 is 15.4 Å².